The highest BCUT2D eigenvalue weighted by Gasteiger charge is 2.19. The first-order chi connectivity index (χ1) is 10.8. The van der Waals surface area contributed by atoms with Crippen molar-refractivity contribution in [2.24, 2.45) is 0 Å². The Morgan fingerprint density at radius 2 is 1.00 bits per heavy atom. The van der Waals surface area contributed by atoms with Gasteiger partial charge in [0.1, 0.15) is 0 Å². The van der Waals surface area contributed by atoms with Gasteiger partial charge in [-0.1, -0.05) is 0 Å². The lowest BCUT2D eigenvalue weighted by atomic mass is 10.2. The summed E-state index contributed by atoms with van der Waals surface area (Å²) >= 11 is 0. The lowest BCUT2D eigenvalue weighted by Crippen LogP contribution is -2.45. The van der Waals surface area contributed by atoms with E-state index in [2.05, 4.69) is 4.90 Å². The standard InChI is InChI=1S/C15H33NO6/c1-17-7-5-16(6-8-18-2)15(13-21-11-9-19-3)14-22-12-10-20-4/h15H,5-14H2,1-4H3. The molecule has 0 fully saturated rings. The van der Waals surface area contributed by atoms with Gasteiger partial charge in [0, 0.05) is 41.5 Å². The van der Waals surface area contributed by atoms with E-state index in [9.17, 15) is 0 Å². The lowest BCUT2D eigenvalue weighted by molar-refractivity contribution is -0.0266. The van der Waals surface area contributed by atoms with Gasteiger partial charge >= 0.3 is 0 Å². The van der Waals surface area contributed by atoms with Crippen LogP contribution in [0.15, 0.2) is 0 Å². The van der Waals surface area contributed by atoms with Crippen LogP contribution in [0.25, 0.3) is 0 Å². The lowest BCUT2D eigenvalue weighted by Gasteiger charge is -2.31. The van der Waals surface area contributed by atoms with Gasteiger partial charge < -0.3 is 28.4 Å². The summed E-state index contributed by atoms with van der Waals surface area (Å²) in [4.78, 5) is 2.27. The summed E-state index contributed by atoms with van der Waals surface area (Å²) in [6, 6.07) is 0.152. The van der Waals surface area contributed by atoms with Crippen molar-refractivity contribution in [3.8, 4) is 0 Å². The molecule has 0 saturated heterocycles. The van der Waals surface area contributed by atoms with Crippen LogP contribution in [0.1, 0.15) is 0 Å². The summed E-state index contributed by atoms with van der Waals surface area (Å²) in [6.07, 6.45) is 0. The molecule has 0 heterocycles. The highest BCUT2D eigenvalue weighted by atomic mass is 16.5. The molecule has 0 bridgehead atoms. The number of nitrogens with zero attached hydrogens (tertiary/aromatic N) is 1. The Balaban J connectivity index is 4.35. The normalized spacial score (nSPS) is 11.7. The minimum Gasteiger partial charge on any atom is -0.383 e. The van der Waals surface area contributed by atoms with E-state index in [0.29, 0.717) is 52.9 Å². The highest BCUT2D eigenvalue weighted by molar-refractivity contribution is 4.71. The Kier molecular flexibility index (Phi) is 16.9. The third-order valence-electron chi connectivity index (χ3n) is 3.17. The van der Waals surface area contributed by atoms with Crippen LogP contribution >= 0.6 is 0 Å². The number of methoxy groups -OCH3 is 4. The molecule has 0 aromatic heterocycles. The van der Waals surface area contributed by atoms with Gasteiger partial charge in [-0.3, -0.25) is 4.90 Å². The molecule has 0 amide bonds. The van der Waals surface area contributed by atoms with Crippen molar-refractivity contribution < 1.29 is 28.4 Å². The van der Waals surface area contributed by atoms with Gasteiger partial charge in [-0.25, -0.2) is 0 Å². The molecule has 0 aromatic rings. The quantitative estimate of drug-likeness (QED) is 0.356. The molecule has 134 valence electrons. The van der Waals surface area contributed by atoms with Crippen molar-refractivity contribution in [1.82, 2.24) is 4.90 Å². The van der Waals surface area contributed by atoms with Gasteiger partial charge in [0.25, 0.3) is 0 Å². The van der Waals surface area contributed by atoms with E-state index in [-0.39, 0.29) is 6.04 Å². The second kappa shape index (κ2) is 17.1. The van der Waals surface area contributed by atoms with Gasteiger partial charge in [-0.05, 0) is 0 Å². The molecule has 0 N–H and O–H groups in total. The first kappa shape index (κ1) is 21.7. The van der Waals surface area contributed by atoms with E-state index in [4.69, 9.17) is 28.4 Å². The van der Waals surface area contributed by atoms with E-state index < -0.39 is 0 Å². The van der Waals surface area contributed by atoms with Gasteiger partial charge in [-0.2, -0.15) is 0 Å². The first-order valence-electron chi connectivity index (χ1n) is 7.65. The summed E-state index contributed by atoms with van der Waals surface area (Å²) < 4.78 is 31.7. The molecule has 0 spiro atoms. The fourth-order valence-corrected chi connectivity index (χ4v) is 1.88. The van der Waals surface area contributed by atoms with Crippen LogP contribution in [0.5, 0.6) is 0 Å². The fourth-order valence-electron chi connectivity index (χ4n) is 1.88. The Morgan fingerprint density at radius 1 is 0.591 bits per heavy atom. The van der Waals surface area contributed by atoms with Crippen LogP contribution in [-0.2, 0) is 28.4 Å². The average Bonchev–Trinajstić information content (AvgIpc) is 2.54. The van der Waals surface area contributed by atoms with Crippen molar-refractivity contribution in [3.05, 3.63) is 0 Å². The van der Waals surface area contributed by atoms with Crippen molar-refractivity contribution in [2.75, 3.05) is 94.4 Å². The van der Waals surface area contributed by atoms with Crippen molar-refractivity contribution in [3.63, 3.8) is 0 Å². The summed E-state index contributed by atoms with van der Waals surface area (Å²) in [7, 11) is 6.73. The summed E-state index contributed by atoms with van der Waals surface area (Å²) in [5, 5.41) is 0. The highest BCUT2D eigenvalue weighted by Crippen LogP contribution is 2.03. The molecule has 0 saturated carbocycles. The molecule has 7 nitrogen and oxygen atoms in total. The first-order valence-corrected chi connectivity index (χ1v) is 7.65. The van der Waals surface area contributed by atoms with Crippen molar-refractivity contribution in [1.29, 1.82) is 0 Å². The molecule has 0 rings (SSSR count). The van der Waals surface area contributed by atoms with Gasteiger partial charge in [0.15, 0.2) is 0 Å². The Morgan fingerprint density at radius 3 is 1.36 bits per heavy atom. The SMILES string of the molecule is COCCOCC(COCCOC)N(CCOC)CCOC. The summed E-state index contributed by atoms with van der Waals surface area (Å²) in [5.74, 6) is 0. The van der Waals surface area contributed by atoms with E-state index >= 15 is 0 Å². The van der Waals surface area contributed by atoms with Crippen LogP contribution in [0, 0.1) is 0 Å². The molecule has 0 aliphatic heterocycles. The Bertz CT molecular complexity index is 200. The molecule has 0 radical (unpaired) electrons. The fraction of sp³-hybridized carbons (Fsp3) is 1.00. The topological polar surface area (TPSA) is 58.6 Å². The van der Waals surface area contributed by atoms with Crippen LogP contribution in [-0.4, -0.2) is 105 Å². The molecule has 0 aromatic carbocycles. The van der Waals surface area contributed by atoms with Crippen molar-refractivity contribution in [2.45, 2.75) is 6.04 Å². The Hall–Kier alpha value is -0.280. The molecule has 0 aliphatic carbocycles. The smallest absolute Gasteiger partial charge is 0.0701 e. The second-order valence-electron chi connectivity index (χ2n) is 4.81. The zero-order valence-corrected chi connectivity index (χ0v) is 14.5. The number of rotatable bonds is 17. The maximum Gasteiger partial charge on any atom is 0.0701 e. The summed E-state index contributed by atoms with van der Waals surface area (Å²) in [6.45, 7) is 6.46. The third kappa shape index (κ3) is 12.3. The van der Waals surface area contributed by atoms with E-state index in [1.165, 1.54) is 0 Å². The van der Waals surface area contributed by atoms with Crippen LogP contribution in [0.2, 0.25) is 0 Å². The third-order valence-corrected chi connectivity index (χ3v) is 3.17. The molecular formula is C15H33NO6. The van der Waals surface area contributed by atoms with Gasteiger partial charge in [-0.15, -0.1) is 0 Å². The zero-order valence-electron chi connectivity index (χ0n) is 14.5. The molecule has 0 aliphatic rings. The molecule has 0 unspecified atom stereocenters. The van der Waals surface area contributed by atoms with E-state index in [1.54, 1.807) is 28.4 Å². The zero-order chi connectivity index (χ0) is 16.5. The van der Waals surface area contributed by atoms with E-state index in [0.717, 1.165) is 13.1 Å². The van der Waals surface area contributed by atoms with Gasteiger partial charge in [0.2, 0.25) is 0 Å². The minimum absolute atomic E-state index is 0.152. The summed E-state index contributed by atoms with van der Waals surface area (Å²) in [5.41, 5.74) is 0. The predicted octanol–water partition coefficient (Wildman–Crippen LogP) is 0.276. The molecule has 0 atom stereocenters. The minimum atomic E-state index is 0.152. The van der Waals surface area contributed by atoms with Crippen LogP contribution < -0.4 is 0 Å². The second-order valence-corrected chi connectivity index (χ2v) is 4.81. The number of hydrogen-bond acceptors (Lipinski definition) is 7. The van der Waals surface area contributed by atoms with E-state index in [1.807, 2.05) is 0 Å². The number of hydrogen-bond donors (Lipinski definition) is 0. The molecule has 7 heteroatoms. The maximum absolute atomic E-state index is 5.67. The molecular weight excluding hydrogens is 290 g/mol. The number of ether oxygens (including phenoxy) is 6. The maximum atomic E-state index is 5.67. The predicted molar refractivity (Wildman–Crippen MR) is 84.5 cm³/mol. The van der Waals surface area contributed by atoms with Crippen LogP contribution in [0.3, 0.4) is 0 Å². The monoisotopic (exact) mass is 323 g/mol. The molecule has 22 heavy (non-hydrogen) atoms. The van der Waals surface area contributed by atoms with Crippen LogP contribution in [0.4, 0.5) is 0 Å². The average molecular weight is 323 g/mol. The van der Waals surface area contributed by atoms with Gasteiger partial charge in [0.05, 0.1) is 58.9 Å². The Labute approximate surface area is 134 Å². The largest absolute Gasteiger partial charge is 0.383 e. The van der Waals surface area contributed by atoms with Crippen molar-refractivity contribution >= 4 is 0 Å².